The molecule has 32 heavy (non-hydrogen) atoms. The Morgan fingerprint density at radius 2 is 2.00 bits per heavy atom. The fraction of sp³-hybridized carbons (Fsp3) is 0.636. The summed E-state index contributed by atoms with van der Waals surface area (Å²) in [5.41, 5.74) is 0.714. The van der Waals surface area contributed by atoms with E-state index in [1.54, 1.807) is 30.2 Å². The number of amides is 3. The molecule has 3 heterocycles. The van der Waals surface area contributed by atoms with Crippen LogP contribution in [0.25, 0.3) is 0 Å². The van der Waals surface area contributed by atoms with Gasteiger partial charge in [0.25, 0.3) is 0 Å². The molecule has 3 atom stereocenters. The number of carbonyl (C=O) groups excluding carboxylic acids is 3. The van der Waals surface area contributed by atoms with Gasteiger partial charge in [0, 0.05) is 51.4 Å². The third-order valence-corrected chi connectivity index (χ3v) is 7.09. The van der Waals surface area contributed by atoms with Gasteiger partial charge in [0.2, 0.25) is 17.7 Å². The van der Waals surface area contributed by atoms with Crippen LogP contribution in [0.5, 0.6) is 0 Å². The number of aromatic nitrogens is 1. The molecule has 174 valence electrons. The molecule has 0 spiro atoms. The topological polar surface area (TPSA) is 97.9 Å². The molecule has 3 fully saturated rings. The van der Waals surface area contributed by atoms with Gasteiger partial charge in [-0.05, 0) is 31.4 Å². The van der Waals surface area contributed by atoms with E-state index >= 15 is 0 Å². The lowest BCUT2D eigenvalue weighted by molar-refractivity contribution is -0.146. The predicted octanol–water partition coefficient (Wildman–Crippen LogP) is 0.442. The first-order valence-corrected chi connectivity index (χ1v) is 11.7. The molecule has 2 aliphatic heterocycles. The van der Waals surface area contributed by atoms with Gasteiger partial charge in [0.05, 0.1) is 29.8 Å². The highest BCUT2D eigenvalue weighted by molar-refractivity contribution is 6.30. The van der Waals surface area contributed by atoms with Gasteiger partial charge in [-0.25, -0.2) is 0 Å². The van der Waals surface area contributed by atoms with Gasteiger partial charge in [0.15, 0.2) is 0 Å². The van der Waals surface area contributed by atoms with Crippen molar-refractivity contribution < 1.29 is 14.4 Å². The number of piperazine rings is 1. The molecule has 10 heteroatoms. The summed E-state index contributed by atoms with van der Waals surface area (Å²) in [6, 6.07) is 4.02. The number of halogens is 1. The number of pyridine rings is 1. The largest absolute Gasteiger partial charge is 0.349 e. The average Bonchev–Trinajstić information content (AvgIpc) is 2.80. The zero-order valence-corrected chi connectivity index (χ0v) is 19.2. The standard InChI is InChI=1S/C22H31ClN6O3/c1-15(30)27-6-8-28(9-7-27)18-4-5-20-19(10-18)22(32)29(14-26-20)13-21(31)25-12-17-3-2-16(23)11-24-17/h2-3,11,18-20,26H,4-10,12-14H2,1H3,(H,25,31). The monoisotopic (exact) mass is 462 g/mol. The van der Waals surface area contributed by atoms with E-state index in [-0.39, 0.29) is 36.2 Å². The normalized spacial score (nSPS) is 26.6. The summed E-state index contributed by atoms with van der Waals surface area (Å²) >= 11 is 5.83. The Morgan fingerprint density at radius 3 is 2.69 bits per heavy atom. The lowest BCUT2D eigenvalue weighted by Crippen LogP contribution is -2.62. The Kier molecular flexibility index (Phi) is 7.27. The van der Waals surface area contributed by atoms with Crippen molar-refractivity contribution in [2.24, 2.45) is 5.92 Å². The number of hydrogen-bond donors (Lipinski definition) is 2. The molecule has 3 aliphatic rings. The first kappa shape index (κ1) is 22.9. The van der Waals surface area contributed by atoms with Crippen LogP contribution in [0.1, 0.15) is 31.9 Å². The molecular weight excluding hydrogens is 432 g/mol. The van der Waals surface area contributed by atoms with Gasteiger partial charge >= 0.3 is 0 Å². The third-order valence-electron chi connectivity index (χ3n) is 6.86. The Bertz CT molecular complexity index is 843. The fourth-order valence-corrected chi connectivity index (χ4v) is 5.11. The van der Waals surface area contributed by atoms with Gasteiger partial charge in [-0.1, -0.05) is 11.6 Å². The van der Waals surface area contributed by atoms with Crippen LogP contribution < -0.4 is 10.6 Å². The van der Waals surface area contributed by atoms with Crippen molar-refractivity contribution in [3.63, 3.8) is 0 Å². The van der Waals surface area contributed by atoms with Gasteiger partial charge in [-0.15, -0.1) is 0 Å². The molecule has 0 bridgehead atoms. The average molecular weight is 463 g/mol. The minimum absolute atomic E-state index is 0.0323. The van der Waals surface area contributed by atoms with Crippen LogP contribution in [-0.4, -0.2) is 88.9 Å². The maximum absolute atomic E-state index is 13.2. The van der Waals surface area contributed by atoms with E-state index in [1.807, 2.05) is 4.90 Å². The smallest absolute Gasteiger partial charge is 0.239 e. The van der Waals surface area contributed by atoms with Crippen molar-refractivity contribution in [2.45, 2.75) is 44.8 Å². The molecule has 4 rings (SSSR count). The van der Waals surface area contributed by atoms with Gasteiger partial charge in [-0.2, -0.15) is 0 Å². The quantitative estimate of drug-likeness (QED) is 0.659. The van der Waals surface area contributed by atoms with E-state index in [9.17, 15) is 14.4 Å². The second-order valence-corrected chi connectivity index (χ2v) is 9.30. The summed E-state index contributed by atoms with van der Waals surface area (Å²) in [6.45, 7) is 5.55. The molecule has 9 nitrogen and oxygen atoms in total. The lowest BCUT2D eigenvalue weighted by Gasteiger charge is -2.47. The van der Waals surface area contributed by atoms with Crippen LogP contribution in [0, 0.1) is 5.92 Å². The Labute approximate surface area is 193 Å². The first-order chi connectivity index (χ1) is 15.4. The van der Waals surface area contributed by atoms with E-state index in [0.29, 0.717) is 30.0 Å². The van der Waals surface area contributed by atoms with Crippen molar-refractivity contribution >= 4 is 29.3 Å². The fourth-order valence-electron chi connectivity index (χ4n) is 5.00. The number of carbonyl (C=O) groups is 3. The second-order valence-electron chi connectivity index (χ2n) is 8.86. The predicted molar refractivity (Wildman–Crippen MR) is 120 cm³/mol. The number of nitrogens with one attached hydrogen (secondary N) is 2. The summed E-state index contributed by atoms with van der Waals surface area (Å²) in [6.07, 6.45) is 4.34. The van der Waals surface area contributed by atoms with Gasteiger partial charge < -0.3 is 15.1 Å². The van der Waals surface area contributed by atoms with Crippen LogP contribution in [0.4, 0.5) is 0 Å². The molecule has 1 aromatic rings. The second kappa shape index (κ2) is 10.1. The SMILES string of the molecule is CC(=O)N1CCN(C2CCC3NCN(CC(=O)NCc4ccc(Cl)cn4)C(=O)C3C2)CC1. The minimum atomic E-state index is -0.205. The Morgan fingerprint density at radius 1 is 1.22 bits per heavy atom. The zero-order chi connectivity index (χ0) is 22.7. The molecule has 1 aromatic heterocycles. The maximum atomic E-state index is 13.2. The van der Waals surface area contributed by atoms with Crippen LogP contribution in [0.2, 0.25) is 5.02 Å². The summed E-state index contributed by atoms with van der Waals surface area (Å²) in [5.74, 6) is -0.136. The number of nitrogens with zero attached hydrogens (tertiary/aromatic N) is 4. The van der Waals surface area contributed by atoms with E-state index in [2.05, 4.69) is 20.5 Å². The van der Waals surface area contributed by atoms with E-state index in [1.165, 1.54) is 0 Å². The molecular formula is C22H31ClN6O3. The Hall–Kier alpha value is -2.23. The summed E-state index contributed by atoms with van der Waals surface area (Å²) in [7, 11) is 0. The van der Waals surface area contributed by atoms with Crippen molar-refractivity contribution in [2.75, 3.05) is 39.4 Å². The minimum Gasteiger partial charge on any atom is -0.349 e. The van der Waals surface area contributed by atoms with E-state index in [0.717, 1.165) is 45.4 Å². The molecule has 3 unspecified atom stereocenters. The third kappa shape index (κ3) is 5.39. The van der Waals surface area contributed by atoms with Crippen LogP contribution in [0.15, 0.2) is 18.3 Å². The molecule has 0 radical (unpaired) electrons. The van der Waals surface area contributed by atoms with Crippen LogP contribution >= 0.6 is 11.6 Å². The first-order valence-electron chi connectivity index (χ1n) is 11.3. The number of fused-ring (bicyclic) bond motifs is 1. The molecule has 1 aliphatic carbocycles. The molecule has 2 saturated heterocycles. The van der Waals surface area contributed by atoms with Crippen LogP contribution in [-0.2, 0) is 20.9 Å². The van der Waals surface area contributed by atoms with Crippen molar-refractivity contribution in [1.29, 1.82) is 0 Å². The zero-order valence-electron chi connectivity index (χ0n) is 18.4. The maximum Gasteiger partial charge on any atom is 0.239 e. The molecule has 0 aromatic carbocycles. The van der Waals surface area contributed by atoms with E-state index < -0.39 is 0 Å². The summed E-state index contributed by atoms with van der Waals surface area (Å²) in [4.78, 5) is 47.3. The van der Waals surface area contributed by atoms with Gasteiger partial charge in [0.1, 0.15) is 6.54 Å². The van der Waals surface area contributed by atoms with Crippen molar-refractivity contribution in [3.05, 3.63) is 29.0 Å². The molecule has 2 N–H and O–H groups in total. The highest BCUT2D eigenvalue weighted by Crippen LogP contribution is 2.32. The Balaban J connectivity index is 1.28. The van der Waals surface area contributed by atoms with Crippen LogP contribution in [0.3, 0.4) is 0 Å². The number of hydrogen-bond acceptors (Lipinski definition) is 6. The summed E-state index contributed by atoms with van der Waals surface area (Å²) < 4.78 is 0. The lowest BCUT2D eigenvalue weighted by atomic mass is 9.79. The van der Waals surface area contributed by atoms with Crippen molar-refractivity contribution in [3.8, 4) is 0 Å². The van der Waals surface area contributed by atoms with Gasteiger partial charge in [-0.3, -0.25) is 29.6 Å². The summed E-state index contributed by atoms with van der Waals surface area (Å²) in [5, 5.41) is 6.83. The number of rotatable bonds is 5. The highest BCUT2D eigenvalue weighted by Gasteiger charge is 2.42. The highest BCUT2D eigenvalue weighted by atomic mass is 35.5. The van der Waals surface area contributed by atoms with Crippen molar-refractivity contribution in [1.82, 2.24) is 30.3 Å². The van der Waals surface area contributed by atoms with E-state index in [4.69, 9.17) is 11.6 Å². The molecule has 3 amide bonds. The molecule has 1 saturated carbocycles.